The molecule has 0 bridgehead atoms. The predicted octanol–water partition coefficient (Wildman–Crippen LogP) is 2.67. The van der Waals surface area contributed by atoms with Crippen molar-refractivity contribution in [3.63, 3.8) is 0 Å². The summed E-state index contributed by atoms with van der Waals surface area (Å²) >= 11 is 13.3. The number of fused-ring (bicyclic) bond motifs is 1. The number of hydrogen-bond acceptors (Lipinski definition) is 5. The molecule has 1 fully saturated rings. The quantitative estimate of drug-likeness (QED) is 0.856. The third-order valence-corrected chi connectivity index (χ3v) is 6.87. The second-order valence-corrected chi connectivity index (χ2v) is 8.68. The lowest BCUT2D eigenvalue weighted by Crippen LogP contribution is -2.13. The average Bonchev–Trinajstić information content (AvgIpc) is 2.76. The van der Waals surface area contributed by atoms with Gasteiger partial charge in [-0.15, -0.1) is 0 Å². The maximum Gasteiger partial charge on any atom is 0.161 e. The van der Waals surface area contributed by atoms with Crippen molar-refractivity contribution in [3.8, 4) is 0 Å². The lowest BCUT2D eigenvalue weighted by atomic mass is 10.3. The van der Waals surface area contributed by atoms with Crippen molar-refractivity contribution in [3.05, 3.63) is 28.2 Å². The Bertz CT molecular complexity index is 661. The zero-order valence-corrected chi connectivity index (χ0v) is 12.8. The Hall–Kier alpha value is -0.430. The standard InChI is InChI=1S/C11H10Cl2N2O2S2/c12-7-2-1-6(3-8(7)13)14-11-15-9-4-19(16,17)5-10(9)18-11/h1-3,9-10H,4-5H2,(H,14,15)/t9-,10+/m1/s1. The van der Waals surface area contributed by atoms with Crippen molar-refractivity contribution >= 4 is 55.7 Å². The molecule has 0 aromatic heterocycles. The van der Waals surface area contributed by atoms with Gasteiger partial charge in [-0.25, -0.2) is 8.42 Å². The number of amidine groups is 1. The number of sulfone groups is 1. The molecule has 2 aliphatic rings. The molecule has 2 heterocycles. The second-order valence-electron chi connectivity index (χ2n) is 4.49. The first-order valence-electron chi connectivity index (χ1n) is 5.60. The third kappa shape index (κ3) is 2.86. The van der Waals surface area contributed by atoms with Gasteiger partial charge >= 0.3 is 0 Å². The molecule has 4 nitrogen and oxygen atoms in total. The fourth-order valence-electron chi connectivity index (χ4n) is 2.11. The minimum atomic E-state index is -2.91. The normalized spacial score (nSPS) is 28.0. The fraction of sp³-hybridized carbons (Fsp3) is 0.364. The smallest absolute Gasteiger partial charge is 0.161 e. The van der Waals surface area contributed by atoms with Gasteiger partial charge in [-0.05, 0) is 18.2 Å². The molecule has 0 aliphatic carbocycles. The molecular weight excluding hydrogens is 327 g/mol. The first kappa shape index (κ1) is 13.5. The number of hydrogen-bond donors (Lipinski definition) is 1. The summed E-state index contributed by atoms with van der Waals surface area (Å²) < 4.78 is 22.9. The minimum Gasteiger partial charge on any atom is -0.335 e. The van der Waals surface area contributed by atoms with E-state index in [9.17, 15) is 8.42 Å². The molecular formula is C11H10Cl2N2O2S2. The topological polar surface area (TPSA) is 58.5 Å². The molecule has 3 rings (SSSR count). The number of thioether (sulfide) groups is 1. The van der Waals surface area contributed by atoms with E-state index in [2.05, 4.69) is 10.3 Å². The highest BCUT2D eigenvalue weighted by Crippen LogP contribution is 2.35. The predicted molar refractivity (Wildman–Crippen MR) is 81.3 cm³/mol. The number of rotatable bonds is 1. The van der Waals surface area contributed by atoms with E-state index in [0.717, 1.165) is 10.9 Å². The van der Waals surface area contributed by atoms with E-state index in [0.29, 0.717) is 10.0 Å². The minimum absolute atomic E-state index is 0.0373. The van der Waals surface area contributed by atoms with Crippen LogP contribution in [0.2, 0.25) is 10.0 Å². The zero-order chi connectivity index (χ0) is 13.6. The van der Waals surface area contributed by atoms with Crippen LogP contribution in [-0.2, 0) is 9.84 Å². The van der Waals surface area contributed by atoms with Crippen LogP contribution >= 0.6 is 35.0 Å². The Balaban J connectivity index is 1.74. The molecule has 0 amide bonds. The van der Waals surface area contributed by atoms with Gasteiger partial charge in [-0.2, -0.15) is 0 Å². The number of halogens is 2. The van der Waals surface area contributed by atoms with Crippen LogP contribution in [-0.4, -0.2) is 36.4 Å². The Morgan fingerprint density at radius 1 is 1.26 bits per heavy atom. The Morgan fingerprint density at radius 3 is 2.74 bits per heavy atom. The van der Waals surface area contributed by atoms with E-state index < -0.39 is 9.84 Å². The van der Waals surface area contributed by atoms with Gasteiger partial charge in [0.05, 0.1) is 27.6 Å². The van der Waals surface area contributed by atoms with Crippen molar-refractivity contribution < 1.29 is 8.42 Å². The molecule has 0 unspecified atom stereocenters. The monoisotopic (exact) mass is 336 g/mol. The fourth-order valence-corrected chi connectivity index (χ4v) is 6.09. The number of nitrogens with zero attached hydrogens (tertiary/aromatic N) is 1. The number of benzene rings is 1. The van der Waals surface area contributed by atoms with Crippen LogP contribution < -0.4 is 5.32 Å². The van der Waals surface area contributed by atoms with Crippen LogP contribution in [0.1, 0.15) is 0 Å². The van der Waals surface area contributed by atoms with Gasteiger partial charge in [-0.3, -0.25) is 4.99 Å². The Kier molecular flexibility index (Phi) is 3.45. The van der Waals surface area contributed by atoms with Crippen LogP contribution in [0.25, 0.3) is 0 Å². The molecule has 1 aromatic carbocycles. The summed E-state index contributed by atoms with van der Waals surface area (Å²) in [7, 11) is -2.91. The van der Waals surface area contributed by atoms with Crippen LogP contribution in [0.4, 0.5) is 5.69 Å². The van der Waals surface area contributed by atoms with Crippen LogP contribution in [0.5, 0.6) is 0 Å². The molecule has 0 radical (unpaired) electrons. The molecule has 8 heteroatoms. The van der Waals surface area contributed by atoms with Crippen molar-refractivity contribution in [2.45, 2.75) is 11.3 Å². The van der Waals surface area contributed by atoms with Crippen molar-refractivity contribution in [2.75, 3.05) is 16.8 Å². The molecule has 0 spiro atoms. The summed E-state index contributed by atoms with van der Waals surface area (Å²) in [4.78, 5) is 4.41. The molecule has 0 saturated carbocycles. The van der Waals surface area contributed by atoms with E-state index in [-0.39, 0.29) is 22.8 Å². The van der Waals surface area contributed by atoms with E-state index in [1.165, 1.54) is 11.8 Å². The van der Waals surface area contributed by atoms with Gasteiger partial charge in [-0.1, -0.05) is 35.0 Å². The maximum absolute atomic E-state index is 11.5. The zero-order valence-electron chi connectivity index (χ0n) is 9.64. The summed E-state index contributed by atoms with van der Waals surface area (Å²) in [5.41, 5.74) is 0.795. The highest BCUT2D eigenvalue weighted by molar-refractivity contribution is 8.15. The van der Waals surface area contributed by atoms with Crippen LogP contribution in [0, 0.1) is 0 Å². The maximum atomic E-state index is 11.5. The van der Waals surface area contributed by atoms with Gasteiger partial charge < -0.3 is 5.32 Å². The summed E-state index contributed by atoms with van der Waals surface area (Å²) in [5, 5.41) is 4.88. The average molecular weight is 337 g/mol. The molecule has 2 atom stereocenters. The molecule has 1 N–H and O–H groups in total. The largest absolute Gasteiger partial charge is 0.335 e. The number of aliphatic imine (C=N–C) groups is 1. The highest BCUT2D eigenvalue weighted by Gasteiger charge is 2.42. The van der Waals surface area contributed by atoms with Crippen LogP contribution in [0.3, 0.4) is 0 Å². The summed E-state index contributed by atoms with van der Waals surface area (Å²) in [6.07, 6.45) is 0. The lowest BCUT2D eigenvalue weighted by molar-refractivity contribution is 0.601. The Labute approximate surface area is 125 Å². The number of anilines is 1. The van der Waals surface area contributed by atoms with Gasteiger partial charge in [0.1, 0.15) is 0 Å². The molecule has 102 valence electrons. The third-order valence-electron chi connectivity index (χ3n) is 2.99. The highest BCUT2D eigenvalue weighted by atomic mass is 35.5. The molecule has 1 aromatic rings. The van der Waals surface area contributed by atoms with E-state index in [4.69, 9.17) is 23.2 Å². The summed E-state index contributed by atoms with van der Waals surface area (Å²) in [6, 6.07) is 5.11. The van der Waals surface area contributed by atoms with Crippen molar-refractivity contribution in [2.24, 2.45) is 4.99 Å². The first-order chi connectivity index (χ1) is 8.93. The lowest BCUT2D eigenvalue weighted by Gasteiger charge is -2.07. The van der Waals surface area contributed by atoms with E-state index >= 15 is 0 Å². The molecule has 2 aliphatic heterocycles. The Morgan fingerprint density at radius 2 is 2.05 bits per heavy atom. The molecule has 19 heavy (non-hydrogen) atoms. The van der Waals surface area contributed by atoms with Crippen molar-refractivity contribution in [1.29, 1.82) is 0 Å². The summed E-state index contributed by atoms with van der Waals surface area (Å²) in [5.74, 6) is 0.357. The summed E-state index contributed by atoms with van der Waals surface area (Å²) in [6.45, 7) is 0. The van der Waals surface area contributed by atoms with Gasteiger partial charge in [0.15, 0.2) is 15.0 Å². The molecule has 1 saturated heterocycles. The number of nitrogens with one attached hydrogen (secondary N) is 1. The van der Waals surface area contributed by atoms with Gasteiger partial charge in [0.25, 0.3) is 0 Å². The second kappa shape index (κ2) is 4.84. The van der Waals surface area contributed by atoms with Gasteiger partial charge in [0.2, 0.25) is 0 Å². The van der Waals surface area contributed by atoms with Crippen molar-refractivity contribution in [1.82, 2.24) is 0 Å². The van der Waals surface area contributed by atoms with Crippen LogP contribution in [0.15, 0.2) is 23.2 Å². The first-order valence-corrected chi connectivity index (χ1v) is 9.06. The van der Waals surface area contributed by atoms with E-state index in [1.807, 2.05) is 6.07 Å². The van der Waals surface area contributed by atoms with Gasteiger partial charge in [0, 0.05) is 10.9 Å². The van der Waals surface area contributed by atoms with E-state index in [1.54, 1.807) is 12.1 Å². The SMILES string of the molecule is O=S1(=O)C[C@@H]2SC(Nc3ccc(Cl)c(Cl)c3)=N[C@@H]2C1.